The fourth-order valence-electron chi connectivity index (χ4n) is 1.06. The van der Waals surface area contributed by atoms with Crippen molar-refractivity contribution in [2.45, 2.75) is 13.3 Å². The first kappa shape index (κ1) is 12.9. The van der Waals surface area contributed by atoms with E-state index in [0.717, 1.165) is 39.3 Å². The molecule has 0 aliphatic heterocycles. The Balaban J connectivity index is 3.15. The van der Waals surface area contributed by atoms with Gasteiger partial charge in [0.1, 0.15) is 0 Å². The average Bonchev–Trinajstić information content (AvgIpc) is 2.09. The van der Waals surface area contributed by atoms with E-state index in [1.807, 2.05) is 6.92 Å². The molecule has 13 heavy (non-hydrogen) atoms. The Kier molecular flexibility index (Phi) is 8.40. The number of hydrogen-bond donors (Lipinski definition) is 0. The first-order chi connectivity index (χ1) is 6.16. The molecule has 0 radical (unpaired) electrons. The van der Waals surface area contributed by atoms with Crippen molar-refractivity contribution in [3.8, 4) is 0 Å². The highest BCUT2D eigenvalue weighted by Crippen LogP contribution is 1.89. The Labute approximate surface area is 82.7 Å². The smallest absolute Gasteiger partial charge is 0.0478 e. The maximum atomic E-state index is 5.27. The normalized spacial score (nSPS) is 11.5. The van der Waals surface area contributed by atoms with Gasteiger partial charge in [0.05, 0.1) is 0 Å². The number of nitrogens with zero attached hydrogens (tertiary/aromatic N) is 2. The molecule has 0 saturated heterocycles. The molecule has 3 nitrogen and oxygen atoms in total. The van der Waals surface area contributed by atoms with Crippen LogP contribution in [0.25, 0.3) is 0 Å². The van der Waals surface area contributed by atoms with E-state index in [-0.39, 0.29) is 0 Å². The average molecular weight is 188 g/mol. The molecule has 0 aliphatic carbocycles. The summed E-state index contributed by atoms with van der Waals surface area (Å²) in [5, 5.41) is 0. The predicted molar refractivity (Wildman–Crippen MR) is 57.2 cm³/mol. The molecule has 0 rings (SSSR count). The summed E-state index contributed by atoms with van der Waals surface area (Å²) in [7, 11) is 6.37. The molecular formula is C10H24N2O. The summed E-state index contributed by atoms with van der Waals surface area (Å²) >= 11 is 0. The summed E-state index contributed by atoms with van der Waals surface area (Å²) in [5.74, 6) is 0. The highest BCUT2D eigenvalue weighted by Gasteiger charge is 1.98. The molecule has 0 heterocycles. The van der Waals surface area contributed by atoms with Crippen LogP contribution in [0, 0.1) is 0 Å². The summed E-state index contributed by atoms with van der Waals surface area (Å²) in [4.78, 5) is 4.55. The van der Waals surface area contributed by atoms with Crippen LogP contribution in [0.1, 0.15) is 13.3 Å². The third-order valence-corrected chi connectivity index (χ3v) is 1.96. The molecule has 80 valence electrons. The molecule has 0 aromatic rings. The van der Waals surface area contributed by atoms with E-state index in [1.54, 1.807) is 0 Å². The van der Waals surface area contributed by atoms with Crippen molar-refractivity contribution in [2.75, 3.05) is 54.0 Å². The minimum absolute atomic E-state index is 0.835. The van der Waals surface area contributed by atoms with Crippen molar-refractivity contribution < 1.29 is 4.74 Å². The second kappa shape index (κ2) is 8.48. The minimum Gasteiger partial charge on any atom is -0.382 e. The lowest BCUT2D eigenvalue weighted by atomic mass is 10.4. The van der Waals surface area contributed by atoms with Crippen molar-refractivity contribution in [3.63, 3.8) is 0 Å². The summed E-state index contributed by atoms with van der Waals surface area (Å²) in [5.41, 5.74) is 0. The van der Waals surface area contributed by atoms with E-state index in [9.17, 15) is 0 Å². The zero-order valence-electron chi connectivity index (χ0n) is 9.55. The number of likely N-dealkylation sites (N-methyl/N-ethyl adjacent to an activating group) is 2. The van der Waals surface area contributed by atoms with Gasteiger partial charge in [-0.1, -0.05) is 0 Å². The molecular weight excluding hydrogens is 164 g/mol. The van der Waals surface area contributed by atoms with Gasteiger partial charge in [0.2, 0.25) is 0 Å². The van der Waals surface area contributed by atoms with Gasteiger partial charge < -0.3 is 14.5 Å². The van der Waals surface area contributed by atoms with Crippen molar-refractivity contribution in [1.82, 2.24) is 9.80 Å². The van der Waals surface area contributed by atoms with Crippen molar-refractivity contribution in [3.05, 3.63) is 0 Å². The monoisotopic (exact) mass is 188 g/mol. The quantitative estimate of drug-likeness (QED) is 0.527. The zero-order chi connectivity index (χ0) is 10.1. The molecule has 0 bridgehead atoms. The van der Waals surface area contributed by atoms with Gasteiger partial charge in [-0.3, -0.25) is 0 Å². The Morgan fingerprint density at radius 1 is 1.00 bits per heavy atom. The van der Waals surface area contributed by atoms with Crippen LogP contribution in [0.3, 0.4) is 0 Å². The van der Waals surface area contributed by atoms with Crippen LogP contribution >= 0.6 is 0 Å². The Morgan fingerprint density at radius 3 is 2.23 bits per heavy atom. The highest BCUT2D eigenvalue weighted by atomic mass is 16.5. The molecule has 0 atom stereocenters. The summed E-state index contributed by atoms with van der Waals surface area (Å²) in [6, 6.07) is 0. The van der Waals surface area contributed by atoms with E-state index in [1.165, 1.54) is 0 Å². The van der Waals surface area contributed by atoms with Gasteiger partial charge in [-0.15, -0.1) is 0 Å². The van der Waals surface area contributed by atoms with E-state index < -0.39 is 0 Å². The second-order valence-corrected chi connectivity index (χ2v) is 3.66. The fraction of sp³-hybridized carbons (Fsp3) is 1.00. The van der Waals surface area contributed by atoms with Gasteiger partial charge in [-0.2, -0.15) is 0 Å². The van der Waals surface area contributed by atoms with Gasteiger partial charge >= 0.3 is 0 Å². The topological polar surface area (TPSA) is 15.7 Å². The SMILES string of the molecule is CCOCCCN(C)CCN(C)C. The van der Waals surface area contributed by atoms with Gasteiger partial charge in [0, 0.05) is 32.8 Å². The first-order valence-corrected chi connectivity index (χ1v) is 5.07. The van der Waals surface area contributed by atoms with Crippen LogP contribution in [-0.2, 0) is 4.74 Å². The van der Waals surface area contributed by atoms with Crippen molar-refractivity contribution in [1.29, 1.82) is 0 Å². The number of rotatable bonds is 8. The summed E-state index contributed by atoms with van der Waals surface area (Å²) < 4.78 is 5.27. The van der Waals surface area contributed by atoms with Crippen LogP contribution in [0.2, 0.25) is 0 Å². The largest absolute Gasteiger partial charge is 0.382 e. The van der Waals surface area contributed by atoms with Crippen LogP contribution in [0.15, 0.2) is 0 Å². The van der Waals surface area contributed by atoms with Gasteiger partial charge in [0.25, 0.3) is 0 Å². The third-order valence-electron chi connectivity index (χ3n) is 1.96. The predicted octanol–water partition coefficient (Wildman–Crippen LogP) is 0.906. The maximum absolute atomic E-state index is 5.27. The second-order valence-electron chi connectivity index (χ2n) is 3.66. The molecule has 0 aromatic heterocycles. The lowest BCUT2D eigenvalue weighted by Gasteiger charge is -2.18. The summed E-state index contributed by atoms with van der Waals surface area (Å²) in [6.45, 7) is 7.16. The molecule has 0 aromatic carbocycles. The fourth-order valence-corrected chi connectivity index (χ4v) is 1.06. The number of hydrogen-bond acceptors (Lipinski definition) is 3. The minimum atomic E-state index is 0.835. The van der Waals surface area contributed by atoms with Gasteiger partial charge in [-0.05, 0) is 34.5 Å². The van der Waals surface area contributed by atoms with E-state index in [2.05, 4.69) is 30.9 Å². The van der Waals surface area contributed by atoms with E-state index in [0.29, 0.717) is 0 Å². The van der Waals surface area contributed by atoms with Crippen LogP contribution < -0.4 is 0 Å². The molecule has 0 spiro atoms. The highest BCUT2D eigenvalue weighted by molar-refractivity contribution is 4.53. The van der Waals surface area contributed by atoms with Crippen LogP contribution in [0.5, 0.6) is 0 Å². The lowest BCUT2D eigenvalue weighted by molar-refractivity contribution is 0.134. The summed E-state index contributed by atoms with van der Waals surface area (Å²) in [6.07, 6.45) is 1.14. The lowest BCUT2D eigenvalue weighted by Crippen LogP contribution is -2.29. The van der Waals surface area contributed by atoms with Crippen LogP contribution in [-0.4, -0.2) is 63.8 Å². The number of ether oxygens (including phenoxy) is 1. The van der Waals surface area contributed by atoms with E-state index >= 15 is 0 Å². The molecule has 0 unspecified atom stereocenters. The standard InChI is InChI=1S/C10H24N2O/c1-5-13-10-6-7-12(4)9-8-11(2)3/h5-10H2,1-4H3. The van der Waals surface area contributed by atoms with Gasteiger partial charge in [-0.25, -0.2) is 0 Å². The van der Waals surface area contributed by atoms with E-state index in [4.69, 9.17) is 4.74 Å². The zero-order valence-corrected chi connectivity index (χ0v) is 9.55. The molecule has 0 N–H and O–H groups in total. The third kappa shape index (κ3) is 9.80. The molecule has 0 fully saturated rings. The molecule has 0 saturated carbocycles. The Bertz CT molecular complexity index is 107. The molecule has 0 amide bonds. The van der Waals surface area contributed by atoms with Crippen molar-refractivity contribution >= 4 is 0 Å². The first-order valence-electron chi connectivity index (χ1n) is 5.07. The Hall–Kier alpha value is -0.120. The van der Waals surface area contributed by atoms with Crippen molar-refractivity contribution in [2.24, 2.45) is 0 Å². The maximum Gasteiger partial charge on any atom is 0.0478 e. The Morgan fingerprint density at radius 2 is 1.69 bits per heavy atom. The molecule has 3 heteroatoms. The van der Waals surface area contributed by atoms with Gasteiger partial charge in [0.15, 0.2) is 0 Å². The van der Waals surface area contributed by atoms with Crippen LogP contribution in [0.4, 0.5) is 0 Å². The molecule has 0 aliphatic rings.